The first kappa shape index (κ1) is 16.8. The Morgan fingerprint density at radius 2 is 2.20 bits per heavy atom. The number of H-pyrrole nitrogens is 1. The van der Waals surface area contributed by atoms with Crippen molar-refractivity contribution < 1.29 is 18.8 Å². The molecule has 0 saturated carbocycles. The lowest BCUT2D eigenvalue weighted by molar-refractivity contribution is -0.124. The van der Waals surface area contributed by atoms with E-state index in [-0.39, 0.29) is 36.1 Å². The van der Waals surface area contributed by atoms with Gasteiger partial charge in [-0.1, -0.05) is 0 Å². The molecule has 1 aliphatic heterocycles. The molecule has 0 aromatic carbocycles. The van der Waals surface area contributed by atoms with Crippen LogP contribution in [0.5, 0.6) is 0 Å². The van der Waals surface area contributed by atoms with E-state index in [2.05, 4.69) is 15.6 Å². The van der Waals surface area contributed by atoms with Crippen molar-refractivity contribution in [2.24, 2.45) is 0 Å². The average molecular weight is 344 g/mol. The Kier molecular flexibility index (Phi) is 4.87. The van der Waals surface area contributed by atoms with Gasteiger partial charge in [0.1, 0.15) is 6.04 Å². The molecule has 8 nitrogen and oxygen atoms in total. The first-order valence-corrected chi connectivity index (χ1v) is 8.16. The van der Waals surface area contributed by atoms with Crippen molar-refractivity contribution in [1.29, 1.82) is 0 Å². The minimum absolute atomic E-state index is 0.173. The Bertz CT molecular complexity index is 739. The van der Waals surface area contributed by atoms with Crippen LogP contribution in [0, 0.1) is 0 Å². The summed E-state index contributed by atoms with van der Waals surface area (Å²) in [6.45, 7) is 2.53. The number of aromatic nitrogens is 1. The second-order valence-corrected chi connectivity index (χ2v) is 5.85. The first-order valence-electron chi connectivity index (χ1n) is 8.16. The molecule has 3 amide bonds. The number of nitrogens with zero attached hydrogens (tertiary/aromatic N) is 1. The second-order valence-electron chi connectivity index (χ2n) is 5.85. The van der Waals surface area contributed by atoms with E-state index >= 15 is 0 Å². The SMILES string of the molecule is CCNC(=O)[C@@H]1C[C@@H](NC(=O)c2cc[nH]c2)CN1C(=O)c1ccco1. The third kappa shape index (κ3) is 3.57. The maximum atomic E-state index is 12.6. The number of carbonyl (C=O) groups excluding carboxylic acids is 3. The Balaban J connectivity index is 1.74. The number of amides is 3. The molecule has 132 valence electrons. The summed E-state index contributed by atoms with van der Waals surface area (Å²) in [5.74, 6) is -0.666. The zero-order valence-corrected chi connectivity index (χ0v) is 13.8. The van der Waals surface area contributed by atoms with Crippen LogP contribution < -0.4 is 10.6 Å². The van der Waals surface area contributed by atoms with Gasteiger partial charge in [0.2, 0.25) is 5.91 Å². The summed E-state index contributed by atoms with van der Waals surface area (Å²) in [5, 5.41) is 5.61. The zero-order chi connectivity index (χ0) is 17.8. The number of hydrogen-bond donors (Lipinski definition) is 3. The van der Waals surface area contributed by atoms with E-state index in [4.69, 9.17) is 4.42 Å². The number of carbonyl (C=O) groups is 3. The van der Waals surface area contributed by atoms with Crippen molar-refractivity contribution in [2.75, 3.05) is 13.1 Å². The van der Waals surface area contributed by atoms with Crippen LogP contribution >= 0.6 is 0 Å². The number of furan rings is 1. The molecule has 0 bridgehead atoms. The average Bonchev–Trinajstić information content (AvgIpc) is 3.34. The van der Waals surface area contributed by atoms with E-state index in [1.807, 2.05) is 6.92 Å². The summed E-state index contributed by atoms with van der Waals surface area (Å²) in [7, 11) is 0. The van der Waals surface area contributed by atoms with Gasteiger partial charge in [0.15, 0.2) is 5.76 Å². The lowest BCUT2D eigenvalue weighted by atomic mass is 10.1. The van der Waals surface area contributed by atoms with E-state index in [9.17, 15) is 14.4 Å². The Morgan fingerprint density at radius 1 is 1.36 bits per heavy atom. The fraction of sp³-hybridized carbons (Fsp3) is 0.353. The van der Waals surface area contributed by atoms with E-state index < -0.39 is 6.04 Å². The number of nitrogens with one attached hydrogen (secondary N) is 3. The maximum absolute atomic E-state index is 12.6. The number of hydrogen-bond acceptors (Lipinski definition) is 4. The summed E-state index contributed by atoms with van der Waals surface area (Å²) in [4.78, 5) is 41.4. The van der Waals surface area contributed by atoms with Crippen LogP contribution in [0.4, 0.5) is 0 Å². The van der Waals surface area contributed by atoms with Crippen molar-refractivity contribution in [2.45, 2.75) is 25.4 Å². The Morgan fingerprint density at radius 3 is 2.84 bits per heavy atom. The number of likely N-dealkylation sites (N-methyl/N-ethyl adjacent to an activating group) is 1. The molecule has 8 heteroatoms. The van der Waals surface area contributed by atoms with Gasteiger partial charge in [0.05, 0.1) is 11.8 Å². The molecule has 0 aliphatic carbocycles. The molecule has 3 heterocycles. The molecule has 3 rings (SSSR count). The van der Waals surface area contributed by atoms with Crippen LogP contribution in [0.2, 0.25) is 0 Å². The molecule has 2 atom stereocenters. The van der Waals surface area contributed by atoms with Gasteiger partial charge in [-0.2, -0.15) is 0 Å². The molecular weight excluding hydrogens is 324 g/mol. The lowest BCUT2D eigenvalue weighted by Crippen LogP contribution is -2.45. The predicted octanol–water partition coefficient (Wildman–Crippen LogP) is 0.757. The van der Waals surface area contributed by atoms with Gasteiger partial charge in [0, 0.05) is 31.5 Å². The van der Waals surface area contributed by atoms with Crippen molar-refractivity contribution in [3.63, 3.8) is 0 Å². The van der Waals surface area contributed by atoms with Gasteiger partial charge in [-0.3, -0.25) is 14.4 Å². The summed E-state index contributed by atoms with van der Waals surface area (Å²) in [6, 6.07) is 3.89. The smallest absolute Gasteiger partial charge is 0.290 e. The molecule has 0 spiro atoms. The van der Waals surface area contributed by atoms with Gasteiger partial charge in [-0.25, -0.2) is 0 Å². The zero-order valence-electron chi connectivity index (χ0n) is 13.8. The van der Waals surface area contributed by atoms with Crippen molar-refractivity contribution >= 4 is 17.7 Å². The largest absolute Gasteiger partial charge is 0.459 e. The maximum Gasteiger partial charge on any atom is 0.290 e. The number of rotatable bonds is 5. The monoisotopic (exact) mass is 344 g/mol. The minimum Gasteiger partial charge on any atom is -0.459 e. The molecule has 2 aromatic heterocycles. The van der Waals surface area contributed by atoms with Crippen LogP contribution in [0.1, 0.15) is 34.3 Å². The van der Waals surface area contributed by atoms with E-state index in [1.165, 1.54) is 11.2 Å². The van der Waals surface area contributed by atoms with Gasteiger partial charge >= 0.3 is 0 Å². The molecule has 25 heavy (non-hydrogen) atoms. The quantitative estimate of drug-likeness (QED) is 0.744. The van der Waals surface area contributed by atoms with Crippen LogP contribution in [-0.2, 0) is 4.79 Å². The van der Waals surface area contributed by atoms with Gasteiger partial charge in [0.25, 0.3) is 11.8 Å². The molecular formula is C17H20N4O4. The third-order valence-corrected chi connectivity index (χ3v) is 4.14. The van der Waals surface area contributed by atoms with Crippen molar-refractivity contribution in [1.82, 2.24) is 20.5 Å². The molecule has 0 radical (unpaired) electrons. The Labute approximate surface area is 144 Å². The lowest BCUT2D eigenvalue weighted by Gasteiger charge is -2.22. The normalized spacial score (nSPS) is 19.6. The van der Waals surface area contributed by atoms with Gasteiger partial charge in [-0.15, -0.1) is 0 Å². The van der Waals surface area contributed by atoms with E-state index in [1.54, 1.807) is 30.6 Å². The molecule has 0 unspecified atom stereocenters. The van der Waals surface area contributed by atoms with E-state index in [0.717, 1.165) is 0 Å². The van der Waals surface area contributed by atoms with Gasteiger partial charge < -0.3 is 24.9 Å². The van der Waals surface area contributed by atoms with Crippen LogP contribution in [0.3, 0.4) is 0 Å². The fourth-order valence-electron chi connectivity index (χ4n) is 2.98. The molecule has 3 N–H and O–H groups in total. The summed E-state index contributed by atoms with van der Waals surface area (Å²) in [6.07, 6.45) is 5.02. The molecule has 1 saturated heterocycles. The highest BCUT2D eigenvalue weighted by molar-refractivity contribution is 5.97. The summed E-state index contributed by atoms with van der Waals surface area (Å²) < 4.78 is 5.16. The first-order chi connectivity index (χ1) is 12.1. The van der Waals surface area contributed by atoms with Crippen LogP contribution in [0.15, 0.2) is 41.3 Å². The van der Waals surface area contributed by atoms with Crippen molar-refractivity contribution in [3.8, 4) is 0 Å². The number of aromatic amines is 1. The molecule has 2 aromatic rings. The predicted molar refractivity (Wildman–Crippen MR) is 88.9 cm³/mol. The standard InChI is InChI=1S/C17H20N4O4/c1-2-19-16(23)13-8-12(20-15(22)11-5-6-18-9-11)10-21(13)17(24)14-4-3-7-25-14/h3-7,9,12-13,18H,2,8,10H2,1H3,(H,19,23)(H,20,22)/t12-,13+/m1/s1. The van der Waals surface area contributed by atoms with Crippen molar-refractivity contribution in [3.05, 3.63) is 48.2 Å². The summed E-state index contributed by atoms with van der Waals surface area (Å²) in [5.41, 5.74) is 0.505. The highest BCUT2D eigenvalue weighted by atomic mass is 16.3. The van der Waals surface area contributed by atoms with Crippen LogP contribution in [-0.4, -0.2) is 52.8 Å². The molecule has 1 aliphatic rings. The second kappa shape index (κ2) is 7.25. The Hall–Kier alpha value is -3.03. The number of likely N-dealkylation sites (tertiary alicyclic amines) is 1. The molecule has 1 fully saturated rings. The fourth-order valence-corrected chi connectivity index (χ4v) is 2.98. The summed E-state index contributed by atoms with van der Waals surface area (Å²) >= 11 is 0. The van der Waals surface area contributed by atoms with E-state index in [0.29, 0.717) is 18.5 Å². The highest BCUT2D eigenvalue weighted by Crippen LogP contribution is 2.22. The van der Waals surface area contributed by atoms with Gasteiger partial charge in [-0.05, 0) is 31.5 Å². The highest BCUT2D eigenvalue weighted by Gasteiger charge is 2.41. The topological polar surface area (TPSA) is 107 Å². The third-order valence-electron chi connectivity index (χ3n) is 4.14. The van der Waals surface area contributed by atoms with Crippen LogP contribution in [0.25, 0.3) is 0 Å². The minimum atomic E-state index is -0.644.